The van der Waals surface area contributed by atoms with Crippen LogP contribution in [0.25, 0.3) is 0 Å². The lowest BCUT2D eigenvalue weighted by Gasteiger charge is -2.41. The minimum Gasteiger partial charge on any atom is -0.357 e. The fourth-order valence-corrected chi connectivity index (χ4v) is 7.76. The van der Waals surface area contributed by atoms with Gasteiger partial charge < -0.3 is 11.7 Å². The van der Waals surface area contributed by atoms with E-state index in [0.29, 0.717) is 0 Å². The van der Waals surface area contributed by atoms with Crippen LogP contribution in [0.5, 0.6) is 0 Å². The molecule has 0 radical (unpaired) electrons. The highest BCUT2D eigenvalue weighted by atomic mass is 27.2. The summed E-state index contributed by atoms with van der Waals surface area (Å²) in [6.45, 7) is 21.7. The third kappa shape index (κ3) is 8.32. The molecule has 4 heteroatoms. The van der Waals surface area contributed by atoms with Gasteiger partial charge in [0, 0.05) is 0 Å². The molecule has 0 aromatic heterocycles. The van der Waals surface area contributed by atoms with Crippen molar-refractivity contribution in [3.8, 4) is 0 Å². The number of hydrogen-bond acceptors (Lipinski definition) is 3. The maximum Gasteiger partial charge on any atom is 0.609 e. The topological polar surface area (TPSA) is 9.72 Å². The smallest absolute Gasteiger partial charge is 0.357 e. The summed E-state index contributed by atoms with van der Waals surface area (Å²) >= 11 is -1.18. The Kier molecular flexibility index (Phi) is 15.3. The van der Waals surface area contributed by atoms with E-state index < -0.39 is 14.8 Å². The SMILES string of the molecule is CCC[N](CCC)[Al]([N](CCC)CCC)[N](CCC)CCC. The molecule has 0 aliphatic carbocycles. The van der Waals surface area contributed by atoms with E-state index in [0.717, 1.165) is 0 Å². The third-order valence-electron chi connectivity index (χ3n) is 4.04. The average molecular weight is 328 g/mol. The molecule has 3 nitrogen and oxygen atoms in total. The first-order chi connectivity index (χ1) is 10.7. The summed E-state index contributed by atoms with van der Waals surface area (Å²) in [5.41, 5.74) is 0. The average Bonchev–Trinajstić information content (AvgIpc) is 2.49. The lowest BCUT2D eigenvalue weighted by molar-refractivity contribution is 0.261. The molecule has 0 unspecified atom stereocenters. The van der Waals surface area contributed by atoms with Gasteiger partial charge in [-0.1, -0.05) is 41.5 Å². The van der Waals surface area contributed by atoms with Gasteiger partial charge in [-0.15, -0.1) is 0 Å². The first-order valence-electron chi connectivity index (χ1n) is 9.91. The van der Waals surface area contributed by atoms with E-state index in [2.05, 4.69) is 53.2 Å². The van der Waals surface area contributed by atoms with Gasteiger partial charge in [-0.05, 0) is 77.8 Å². The minimum absolute atomic E-state index is 1.18. The summed E-state index contributed by atoms with van der Waals surface area (Å²) in [5.74, 6) is 0. The second kappa shape index (κ2) is 15.0. The fourth-order valence-electron chi connectivity index (χ4n) is 3.44. The van der Waals surface area contributed by atoms with Gasteiger partial charge in [0.25, 0.3) is 0 Å². The highest BCUT2D eigenvalue weighted by Gasteiger charge is 2.39. The van der Waals surface area contributed by atoms with Crippen LogP contribution in [0.1, 0.15) is 80.1 Å². The van der Waals surface area contributed by atoms with E-state index in [1.807, 2.05) is 0 Å². The Balaban J connectivity index is 5.34. The summed E-state index contributed by atoms with van der Waals surface area (Å²) in [6, 6.07) is 0. The molecule has 0 aromatic carbocycles. The van der Waals surface area contributed by atoms with Crippen LogP contribution < -0.4 is 0 Å². The molecule has 0 spiro atoms. The first kappa shape index (κ1) is 22.4. The van der Waals surface area contributed by atoms with Gasteiger partial charge in [0.05, 0.1) is 0 Å². The van der Waals surface area contributed by atoms with Gasteiger partial charge in [0.2, 0.25) is 0 Å². The van der Waals surface area contributed by atoms with Crippen molar-refractivity contribution in [1.82, 2.24) is 11.7 Å². The van der Waals surface area contributed by atoms with Gasteiger partial charge in [0.1, 0.15) is 0 Å². The van der Waals surface area contributed by atoms with Crippen LogP contribution >= 0.6 is 0 Å². The summed E-state index contributed by atoms with van der Waals surface area (Å²) in [4.78, 5) is 0. The van der Waals surface area contributed by atoms with Crippen molar-refractivity contribution >= 4 is 14.8 Å². The molecule has 22 heavy (non-hydrogen) atoms. The third-order valence-corrected chi connectivity index (χ3v) is 7.55. The predicted octanol–water partition coefficient (Wildman–Crippen LogP) is 4.34. The van der Waals surface area contributed by atoms with Gasteiger partial charge >= 0.3 is 14.8 Å². The van der Waals surface area contributed by atoms with Gasteiger partial charge in [-0.2, -0.15) is 0 Å². The normalized spacial score (nSPS) is 11.9. The molecule has 132 valence electrons. The van der Waals surface area contributed by atoms with Crippen LogP contribution in [0.15, 0.2) is 0 Å². The van der Waals surface area contributed by atoms with Crippen molar-refractivity contribution in [2.45, 2.75) is 80.1 Å². The van der Waals surface area contributed by atoms with Crippen LogP contribution in [0.4, 0.5) is 0 Å². The van der Waals surface area contributed by atoms with E-state index in [4.69, 9.17) is 0 Å². The Bertz CT molecular complexity index is 182. The molecular weight excluding hydrogens is 285 g/mol. The molecule has 0 amide bonds. The van der Waals surface area contributed by atoms with Gasteiger partial charge in [-0.25, -0.2) is 0 Å². The molecule has 0 rings (SSSR count). The predicted molar refractivity (Wildman–Crippen MR) is 102 cm³/mol. The molecule has 0 saturated heterocycles. The Morgan fingerprint density at radius 3 is 0.727 bits per heavy atom. The maximum atomic E-state index is 2.87. The fraction of sp³-hybridized carbons (Fsp3) is 1.00. The van der Waals surface area contributed by atoms with E-state index in [-0.39, 0.29) is 0 Å². The number of hydrogen-bond donors (Lipinski definition) is 0. The molecule has 0 aliphatic heterocycles. The second-order valence-electron chi connectivity index (χ2n) is 6.45. The second-order valence-corrected chi connectivity index (χ2v) is 9.34. The molecule has 0 aromatic rings. The van der Waals surface area contributed by atoms with E-state index in [9.17, 15) is 0 Å². The Labute approximate surface area is 146 Å². The lowest BCUT2D eigenvalue weighted by atomic mass is 10.4. The van der Waals surface area contributed by atoms with Crippen molar-refractivity contribution in [3.05, 3.63) is 0 Å². The first-order valence-corrected chi connectivity index (χ1v) is 11.5. The number of nitrogens with zero attached hydrogens (tertiary/aromatic N) is 3. The van der Waals surface area contributed by atoms with Crippen LogP contribution in [-0.4, -0.2) is 65.7 Å². The Morgan fingerprint density at radius 2 is 0.591 bits per heavy atom. The van der Waals surface area contributed by atoms with Crippen LogP contribution in [-0.2, 0) is 0 Å². The highest BCUT2D eigenvalue weighted by molar-refractivity contribution is 6.49. The largest absolute Gasteiger partial charge is 0.609 e. The zero-order valence-electron chi connectivity index (χ0n) is 16.4. The Hall–Kier alpha value is 0.412. The highest BCUT2D eigenvalue weighted by Crippen LogP contribution is 2.13. The summed E-state index contributed by atoms with van der Waals surface area (Å²) < 4.78 is 8.62. The lowest BCUT2D eigenvalue weighted by Crippen LogP contribution is -2.64. The van der Waals surface area contributed by atoms with Gasteiger partial charge in [-0.3, -0.25) is 0 Å². The van der Waals surface area contributed by atoms with E-state index in [1.165, 1.54) is 77.8 Å². The monoisotopic (exact) mass is 327 g/mol. The molecular formula is C18H42AlN3. The summed E-state index contributed by atoms with van der Waals surface area (Å²) in [6.07, 6.45) is 7.68. The molecule has 0 N–H and O–H groups in total. The Morgan fingerprint density at radius 1 is 0.409 bits per heavy atom. The summed E-state index contributed by atoms with van der Waals surface area (Å²) in [7, 11) is 0. The minimum atomic E-state index is -1.18. The molecule has 0 saturated carbocycles. The molecule has 0 atom stereocenters. The summed E-state index contributed by atoms with van der Waals surface area (Å²) in [5, 5.41) is 0. The quantitative estimate of drug-likeness (QED) is 0.414. The zero-order chi connectivity index (χ0) is 16.8. The number of rotatable bonds is 15. The molecule has 0 fully saturated rings. The van der Waals surface area contributed by atoms with Crippen LogP contribution in [0.3, 0.4) is 0 Å². The van der Waals surface area contributed by atoms with Crippen molar-refractivity contribution in [2.75, 3.05) is 39.3 Å². The zero-order valence-corrected chi connectivity index (χ0v) is 17.6. The molecule has 0 aliphatic rings. The van der Waals surface area contributed by atoms with E-state index in [1.54, 1.807) is 0 Å². The van der Waals surface area contributed by atoms with Crippen molar-refractivity contribution in [2.24, 2.45) is 0 Å². The van der Waals surface area contributed by atoms with Crippen molar-refractivity contribution < 1.29 is 0 Å². The van der Waals surface area contributed by atoms with Crippen molar-refractivity contribution in [1.29, 1.82) is 0 Å². The standard InChI is InChI=1S/3C6H14N.Al/c3*1-3-5-7-6-4-2;/h3*3-6H2,1-2H3;/q3*-1;+3. The van der Waals surface area contributed by atoms with Crippen LogP contribution in [0, 0.1) is 0 Å². The van der Waals surface area contributed by atoms with Crippen molar-refractivity contribution in [3.63, 3.8) is 0 Å². The van der Waals surface area contributed by atoms with E-state index >= 15 is 0 Å². The van der Waals surface area contributed by atoms with Crippen LogP contribution in [0.2, 0.25) is 0 Å². The van der Waals surface area contributed by atoms with Gasteiger partial charge in [0.15, 0.2) is 0 Å². The maximum absolute atomic E-state index is 2.87. The molecule has 0 heterocycles. The molecule has 0 bridgehead atoms.